The minimum atomic E-state index is -1.07. The normalized spacial score (nSPS) is 41.8. The van der Waals surface area contributed by atoms with E-state index in [-0.39, 0.29) is 130 Å². The van der Waals surface area contributed by atoms with Crippen molar-refractivity contribution in [2.45, 2.75) is 289 Å². The first kappa shape index (κ1) is 75.4. The number of nitrogens with one attached hydrogen (secondary N) is 3. The lowest BCUT2D eigenvalue weighted by molar-refractivity contribution is -0.200. The molecule has 0 spiro atoms. The Balaban J connectivity index is 0.000000203. The van der Waals surface area contributed by atoms with Gasteiger partial charge in [-0.3, -0.25) is 28.8 Å². The smallest absolute Gasteiger partial charge is 0.481 e. The lowest BCUT2D eigenvalue weighted by Gasteiger charge is -2.70. The standard InChI is InChI=1S/C40H58N2O9.C39H55NO10/c1-10-26-27(50-34(47)49-26)22-48-33(46)42-40(8)28-12-15-39(7)31(37(28,5)14-13-29(40)51-30(44)11-2)25(43)20-23-24-21-36(4,32(45)41-9)17-16-35(24,3)18-19-38(23,39)6;1-9-25-26(49-33(46)48-25)21-47-32(45)40-39(8)27-11-14-38(7)30(36(27,5)13-12-28(39)50-29(42)10-2)24(41)19-22-23-20-35(4,31(43)44)16-15-34(23,3)17-18-37(22,38)6/h20,24,28-29,31H,10-19,21-22H2,1-9H3,(H,41,45)(H,42,46);19,23,27-28,30H,9-18,20-21H2,1-8H3,(H,40,45)(H,43,44)/t24-,28+,29-,31+,35+,36-,37-,38+,39+,40-;23-,27+,28-,30+,34+,35-,36-,37+,38+,39-/m00/s1. The van der Waals surface area contributed by atoms with E-state index in [0.717, 1.165) is 69.8 Å². The third kappa shape index (κ3) is 11.9. The average Bonchev–Trinajstić information content (AvgIpc) is 0.767. The zero-order chi connectivity index (χ0) is 74.0. The lowest BCUT2D eigenvalue weighted by Crippen LogP contribution is -2.72. The molecule has 558 valence electrons. The molecule has 22 nitrogen and oxygen atoms in total. The molecular formula is C79H113N3O19. The molecule has 20 atom stereocenters. The van der Waals surface area contributed by atoms with E-state index in [1.54, 1.807) is 34.7 Å². The van der Waals surface area contributed by atoms with Crippen molar-refractivity contribution in [2.75, 3.05) is 7.05 Å². The van der Waals surface area contributed by atoms with E-state index >= 15 is 0 Å². The van der Waals surface area contributed by atoms with Gasteiger partial charge in [-0.1, -0.05) is 101 Å². The SMILES string of the molecule is CCC(=O)O[C@H]1CC[C@@]2(C)[C@@H](CC[C@]3(C)[C@@H]2C(=O)C=C2[C@@H]4C[C@@](C)(C(=O)NC)CC[C@]4(C)CC[C@]23C)[C@]1(C)NC(=O)OCc1oc(=O)oc1CC.CCC(=O)O[C@H]1CC[C@@]2(C)[C@@H](CC[C@]3(C)[C@@H]2C(=O)C=C2[C@@H]4C[C@@](C)(C(=O)O)CC[C@]4(C)CC[C@]23C)[C@]1(C)NC(=O)OCc1oc(=O)oc1CC. The maximum atomic E-state index is 14.9. The molecule has 2 aromatic heterocycles. The molecule has 101 heavy (non-hydrogen) atoms. The minimum Gasteiger partial charge on any atom is -0.481 e. The fourth-order valence-electron chi connectivity index (χ4n) is 23.8. The second-order valence-electron chi connectivity index (χ2n) is 35.4. The Hall–Kier alpha value is -6.74. The minimum absolute atomic E-state index is 0.0159. The van der Waals surface area contributed by atoms with Gasteiger partial charge >= 0.3 is 41.7 Å². The molecule has 10 aliphatic rings. The van der Waals surface area contributed by atoms with Gasteiger partial charge in [0.1, 0.15) is 12.2 Å². The molecule has 0 radical (unpaired) electrons. The van der Waals surface area contributed by atoms with Crippen LogP contribution in [-0.4, -0.2) is 83.0 Å². The highest BCUT2D eigenvalue weighted by Crippen LogP contribution is 2.77. The summed E-state index contributed by atoms with van der Waals surface area (Å²) in [5.74, 6) is -2.97. The molecule has 10 aliphatic carbocycles. The van der Waals surface area contributed by atoms with E-state index in [1.807, 2.05) is 32.9 Å². The number of aliphatic carboxylic acids is 1. The highest BCUT2D eigenvalue weighted by molar-refractivity contribution is 5.97. The molecule has 3 amide bonds. The zero-order valence-electron chi connectivity index (χ0n) is 63.0. The van der Waals surface area contributed by atoms with E-state index in [1.165, 1.54) is 5.57 Å². The number of carboxylic acids is 1. The van der Waals surface area contributed by atoms with Gasteiger partial charge in [0, 0.05) is 50.0 Å². The molecule has 8 saturated carbocycles. The van der Waals surface area contributed by atoms with E-state index < -0.39 is 80.2 Å². The third-order valence-corrected chi connectivity index (χ3v) is 30.3. The summed E-state index contributed by atoms with van der Waals surface area (Å²) >= 11 is 0. The second kappa shape index (κ2) is 26.1. The highest BCUT2D eigenvalue weighted by Gasteiger charge is 2.74. The number of rotatable bonds is 14. The number of carboxylic acid groups (broad SMARTS) is 1. The van der Waals surface area contributed by atoms with Gasteiger partial charge in [-0.25, -0.2) is 19.2 Å². The summed E-state index contributed by atoms with van der Waals surface area (Å²) < 4.78 is 43.5. The number of hydrogen-bond acceptors (Lipinski definition) is 18. The Morgan fingerprint density at radius 3 is 1.22 bits per heavy atom. The van der Waals surface area contributed by atoms with E-state index in [2.05, 4.69) is 78.3 Å². The number of carbonyl (C=O) groups excluding carboxylic acids is 7. The summed E-state index contributed by atoms with van der Waals surface area (Å²) in [4.78, 5) is 131. The summed E-state index contributed by atoms with van der Waals surface area (Å²) in [5.41, 5.74) is -3.47. The molecule has 0 aliphatic heterocycles. The van der Waals surface area contributed by atoms with Crippen LogP contribution in [0.15, 0.2) is 50.6 Å². The Labute approximate surface area is 593 Å². The van der Waals surface area contributed by atoms with Gasteiger partial charge in [-0.15, -0.1) is 0 Å². The van der Waals surface area contributed by atoms with Crippen molar-refractivity contribution in [2.24, 2.45) is 89.7 Å². The van der Waals surface area contributed by atoms with Crippen molar-refractivity contribution in [1.82, 2.24) is 16.0 Å². The molecule has 22 heteroatoms. The third-order valence-electron chi connectivity index (χ3n) is 30.3. The van der Waals surface area contributed by atoms with Gasteiger partial charge in [-0.2, -0.15) is 0 Å². The molecule has 2 aromatic rings. The van der Waals surface area contributed by atoms with Crippen LogP contribution in [-0.2, 0) is 73.8 Å². The summed E-state index contributed by atoms with van der Waals surface area (Å²) in [7, 11) is 1.71. The average molecular weight is 1410 g/mol. The van der Waals surface area contributed by atoms with E-state index in [0.29, 0.717) is 75.7 Å². The van der Waals surface area contributed by atoms with Gasteiger partial charge in [0.05, 0.1) is 16.5 Å². The van der Waals surface area contributed by atoms with Gasteiger partial charge in [0.25, 0.3) is 0 Å². The summed E-state index contributed by atoms with van der Waals surface area (Å²) in [6.07, 6.45) is 15.9. The largest absolute Gasteiger partial charge is 0.519 e. The topological polar surface area (TPSA) is 316 Å². The molecule has 0 unspecified atom stereocenters. The van der Waals surface area contributed by atoms with Crippen LogP contribution < -0.4 is 27.6 Å². The predicted molar refractivity (Wildman–Crippen MR) is 370 cm³/mol. The van der Waals surface area contributed by atoms with Crippen LogP contribution in [0.3, 0.4) is 0 Å². The van der Waals surface area contributed by atoms with Crippen LogP contribution in [0.1, 0.15) is 262 Å². The zero-order valence-corrected chi connectivity index (χ0v) is 63.0. The van der Waals surface area contributed by atoms with Crippen LogP contribution >= 0.6 is 0 Å². The van der Waals surface area contributed by atoms with Crippen molar-refractivity contribution in [3.8, 4) is 0 Å². The number of amides is 3. The number of aryl methyl sites for hydroxylation is 2. The second-order valence-corrected chi connectivity index (χ2v) is 35.4. The molecule has 0 aromatic carbocycles. The maximum Gasteiger partial charge on any atom is 0.519 e. The first-order valence-electron chi connectivity index (χ1n) is 37.6. The number of esters is 2. The van der Waals surface area contributed by atoms with E-state index in [4.69, 9.17) is 36.6 Å². The first-order chi connectivity index (χ1) is 47.1. The van der Waals surface area contributed by atoms with Crippen LogP contribution in [0.2, 0.25) is 0 Å². The van der Waals surface area contributed by atoms with Crippen LogP contribution in [0, 0.1) is 89.7 Å². The highest BCUT2D eigenvalue weighted by atomic mass is 16.6. The summed E-state index contributed by atoms with van der Waals surface area (Å²) in [6.45, 7) is 32.6. The molecular weight excluding hydrogens is 1290 g/mol. The number of allylic oxidation sites excluding steroid dienone is 4. The Kier molecular flexibility index (Phi) is 19.5. The van der Waals surface area contributed by atoms with Crippen molar-refractivity contribution in [1.29, 1.82) is 0 Å². The van der Waals surface area contributed by atoms with Crippen LogP contribution in [0.4, 0.5) is 9.59 Å². The Bertz CT molecular complexity index is 3850. The van der Waals surface area contributed by atoms with Gasteiger partial charge in [0.2, 0.25) is 5.91 Å². The molecule has 0 saturated heterocycles. The van der Waals surface area contributed by atoms with Crippen molar-refractivity contribution in [3.05, 3.63) is 67.6 Å². The molecule has 0 bridgehead atoms. The van der Waals surface area contributed by atoms with Crippen molar-refractivity contribution in [3.63, 3.8) is 0 Å². The number of hydrogen-bond donors (Lipinski definition) is 4. The number of alkyl carbamates (subject to hydrolysis) is 2. The number of ketones is 2. The molecule has 2 heterocycles. The maximum absolute atomic E-state index is 14.9. The van der Waals surface area contributed by atoms with Crippen LogP contribution in [0.5, 0.6) is 0 Å². The fourth-order valence-corrected chi connectivity index (χ4v) is 23.8. The Morgan fingerprint density at radius 2 is 0.851 bits per heavy atom. The number of carbonyl (C=O) groups is 8. The van der Waals surface area contributed by atoms with Crippen LogP contribution in [0.25, 0.3) is 0 Å². The number of fused-ring (bicyclic) bond motifs is 14. The molecule has 8 fully saturated rings. The van der Waals surface area contributed by atoms with Crippen molar-refractivity contribution < 1.29 is 80.1 Å². The predicted octanol–water partition coefficient (Wildman–Crippen LogP) is 13.9. The molecule has 4 N–H and O–H groups in total. The summed E-state index contributed by atoms with van der Waals surface area (Å²) in [6, 6.07) is 0. The monoisotopic (exact) mass is 1410 g/mol. The fraction of sp³-hybridized carbons (Fsp3) is 0.772. The van der Waals surface area contributed by atoms with Gasteiger partial charge < -0.3 is 57.7 Å². The number of ether oxygens (including phenoxy) is 4. The summed E-state index contributed by atoms with van der Waals surface area (Å²) in [5, 5.41) is 19.3. The Morgan fingerprint density at radius 1 is 0.485 bits per heavy atom. The van der Waals surface area contributed by atoms with Gasteiger partial charge in [0.15, 0.2) is 47.8 Å². The lowest BCUT2D eigenvalue weighted by atomic mass is 9.34. The van der Waals surface area contributed by atoms with E-state index in [9.17, 15) is 53.1 Å². The van der Waals surface area contributed by atoms with Crippen molar-refractivity contribution >= 4 is 47.6 Å². The van der Waals surface area contributed by atoms with Gasteiger partial charge in [-0.05, 0) is 215 Å². The quantitative estimate of drug-likeness (QED) is 0.101. The first-order valence-corrected chi connectivity index (χ1v) is 37.6. The molecule has 12 rings (SSSR count).